The van der Waals surface area contributed by atoms with Crippen LogP contribution in [0.4, 0.5) is 4.79 Å². The second-order valence-electron chi connectivity index (χ2n) is 7.39. The normalized spacial score (nSPS) is 12.4. The monoisotopic (exact) mass is 428 g/mol. The van der Waals surface area contributed by atoms with Crippen LogP contribution in [-0.4, -0.2) is 24.2 Å². The molecule has 4 nitrogen and oxygen atoms in total. The Labute approximate surface area is 187 Å². The molecule has 0 saturated heterocycles. The molecule has 1 aliphatic rings. The van der Waals surface area contributed by atoms with E-state index < -0.39 is 6.09 Å². The Balaban J connectivity index is 1.29. The summed E-state index contributed by atoms with van der Waals surface area (Å²) < 4.78 is 5.55. The summed E-state index contributed by atoms with van der Waals surface area (Å²) >= 11 is 5.08. The van der Waals surface area contributed by atoms with Crippen LogP contribution in [0.15, 0.2) is 78.9 Å². The Morgan fingerprint density at radius 3 is 2.26 bits per heavy atom. The molecule has 0 bridgehead atoms. The summed E-state index contributed by atoms with van der Waals surface area (Å²) in [6, 6.07) is 24.3. The van der Waals surface area contributed by atoms with E-state index in [9.17, 15) is 4.79 Å². The maximum Gasteiger partial charge on any atom is 0.407 e. The molecule has 4 rings (SSSR count). The summed E-state index contributed by atoms with van der Waals surface area (Å²) in [6.45, 7) is 0.805. The van der Waals surface area contributed by atoms with E-state index in [1.54, 1.807) is 0 Å². The number of thiocarbonyl (C=S) groups is 1. The van der Waals surface area contributed by atoms with Crippen LogP contribution in [0.2, 0.25) is 0 Å². The molecule has 0 atom stereocenters. The number of alkyl carbamates (subject to hydrolysis) is 1. The first-order valence-corrected chi connectivity index (χ1v) is 10.7. The average molecular weight is 429 g/mol. The molecule has 1 amide bonds. The van der Waals surface area contributed by atoms with Crippen LogP contribution >= 0.6 is 12.2 Å². The first kappa shape index (κ1) is 20.8. The molecule has 0 unspecified atom stereocenters. The second-order valence-corrected chi connectivity index (χ2v) is 7.83. The molecule has 156 valence electrons. The van der Waals surface area contributed by atoms with Gasteiger partial charge >= 0.3 is 6.09 Å². The van der Waals surface area contributed by atoms with Gasteiger partial charge in [-0.3, -0.25) is 0 Å². The Hall–Kier alpha value is -3.44. The minimum absolute atomic E-state index is 0.0645. The zero-order chi connectivity index (χ0) is 21.6. The van der Waals surface area contributed by atoms with E-state index in [1.807, 2.05) is 60.7 Å². The van der Waals surface area contributed by atoms with Gasteiger partial charge in [-0.1, -0.05) is 97.2 Å². The van der Waals surface area contributed by atoms with Crippen molar-refractivity contribution in [2.45, 2.75) is 12.3 Å². The van der Waals surface area contributed by atoms with E-state index in [0.29, 0.717) is 24.6 Å². The first-order valence-electron chi connectivity index (χ1n) is 10.3. The van der Waals surface area contributed by atoms with E-state index in [0.717, 1.165) is 11.1 Å². The van der Waals surface area contributed by atoms with Crippen molar-refractivity contribution in [2.24, 2.45) is 5.73 Å². The van der Waals surface area contributed by atoms with Gasteiger partial charge in [0.15, 0.2) is 0 Å². The number of ether oxygens (including phenoxy) is 1. The summed E-state index contributed by atoms with van der Waals surface area (Å²) in [7, 11) is 0. The maximum absolute atomic E-state index is 12.2. The summed E-state index contributed by atoms with van der Waals surface area (Å²) in [4.78, 5) is 12.6. The molecule has 31 heavy (non-hydrogen) atoms. The van der Waals surface area contributed by atoms with E-state index in [1.165, 1.54) is 22.3 Å². The van der Waals surface area contributed by atoms with Crippen molar-refractivity contribution in [1.82, 2.24) is 5.32 Å². The van der Waals surface area contributed by atoms with E-state index in [-0.39, 0.29) is 5.92 Å². The van der Waals surface area contributed by atoms with Crippen LogP contribution < -0.4 is 11.1 Å². The average Bonchev–Trinajstić information content (AvgIpc) is 3.11. The predicted molar refractivity (Wildman–Crippen MR) is 129 cm³/mol. The summed E-state index contributed by atoms with van der Waals surface area (Å²) in [5.74, 6) is 0.0645. The number of amides is 1. The number of rotatable bonds is 7. The van der Waals surface area contributed by atoms with Crippen molar-refractivity contribution in [2.75, 3.05) is 13.2 Å². The lowest BCUT2D eigenvalue weighted by molar-refractivity contribution is 0.143. The molecule has 3 N–H and O–H groups in total. The van der Waals surface area contributed by atoms with Gasteiger partial charge < -0.3 is 15.8 Å². The van der Waals surface area contributed by atoms with Crippen LogP contribution in [0.25, 0.3) is 17.2 Å². The van der Waals surface area contributed by atoms with Gasteiger partial charge in [-0.25, -0.2) is 4.79 Å². The maximum atomic E-state index is 12.2. The molecule has 0 saturated carbocycles. The Bertz CT molecular complexity index is 1090. The zero-order valence-electron chi connectivity index (χ0n) is 17.1. The number of carbonyl (C=O) groups is 1. The van der Waals surface area contributed by atoms with Crippen LogP contribution in [0.3, 0.4) is 0 Å². The molecular formula is C26H24N2O2S. The van der Waals surface area contributed by atoms with Crippen molar-refractivity contribution in [3.05, 3.63) is 101 Å². The summed E-state index contributed by atoms with van der Waals surface area (Å²) in [5.41, 5.74) is 12.4. The molecule has 0 spiro atoms. The fourth-order valence-electron chi connectivity index (χ4n) is 3.98. The van der Waals surface area contributed by atoms with Gasteiger partial charge in [0.1, 0.15) is 11.6 Å². The van der Waals surface area contributed by atoms with Gasteiger partial charge in [-0.05, 0) is 34.2 Å². The number of fused-ring (bicyclic) bond motifs is 3. The number of benzene rings is 3. The highest BCUT2D eigenvalue weighted by Gasteiger charge is 2.28. The lowest BCUT2D eigenvalue weighted by Gasteiger charge is -2.14. The molecule has 0 aromatic heterocycles. The number of nitrogens with one attached hydrogen (secondary N) is 1. The fraction of sp³-hybridized carbons (Fsp3) is 0.154. The zero-order valence-corrected chi connectivity index (χ0v) is 17.9. The van der Waals surface area contributed by atoms with Gasteiger partial charge in [0.25, 0.3) is 0 Å². The minimum Gasteiger partial charge on any atom is -0.449 e. The minimum atomic E-state index is -0.404. The highest BCUT2D eigenvalue weighted by atomic mass is 32.1. The third kappa shape index (κ3) is 4.67. The number of nitrogens with two attached hydrogens (primary N) is 1. The van der Waals surface area contributed by atoms with Crippen molar-refractivity contribution in [3.63, 3.8) is 0 Å². The summed E-state index contributed by atoms with van der Waals surface area (Å²) in [5, 5.41) is 2.82. The van der Waals surface area contributed by atoms with Gasteiger partial charge in [-0.2, -0.15) is 0 Å². The molecule has 5 heteroatoms. The van der Waals surface area contributed by atoms with Gasteiger partial charge in [0, 0.05) is 18.0 Å². The van der Waals surface area contributed by atoms with Gasteiger partial charge in [0.2, 0.25) is 0 Å². The predicted octanol–water partition coefficient (Wildman–Crippen LogP) is 5.26. The molecule has 3 aromatic carbocycles. The van der Waals surface area contributed by atoms with E-state index in [4.69, 9.17) is 22.7 Å². The lowest BCUT2D eigenvalue weighted by atomic mass is 9.98. The van der Waals surface area contributed by atoms with Crippen molar-refractivity contribution < 1.29 is 9.53 Å². The standard InChI is InChI=1S/C26H24N2O2S/c27-25(31)19-11-2-1-9-18(19)10-7-8-16-28-26(29)30-17-24-22-14-5-3-12-20(22)21-13-4-6-15-23(21)24/h1-7,9-15,24H,8,16-17H2,(H2,27,31)(H,28,29). The Kier molecular flexibility index (Phi) is 6.43. The van der Waals surface area contributed by atoms with Crippen molar-refractivity contribution >= 4 is 29.4 Å². The molecular weight excluding hydrogens is 404 g/mol. The summed E-state index contributed by atoms with van der Waals surface area (Å²) in [6.07, 6.45) is 4.23. The third-order valence-corrected chi connectivity index (χ3v) is 5.67. The third-order valence-electron chi connectivity index (χ3n) is 5.45. The lowest BCUT2D eigenvalue weighted by Crippen LogP contribution is -2.26. The van der Waals surface area contributed by atoms with Gasteiger partial charge in [-0.15, -0.1) is 0 Å². The smallest absolute Gasteiger partial charge is 0.407 e. The first-order chi connectivity index (χ1) is 15.1. The van der Waals surface area contributed by atoms with Crippen LogP contribution in [0, 0.1) is 0 Å². The second kappa shape index (κ2) is 9.58. The Morgan fingerprint density at radius 2 is 1.58 bits per heavy atom. The van der Waals surface area contributed by atoms with Crippen LogP contribution in [0.1, 0.15) is 34.6 Å². The van der Waals surface area contributed by atoms with E-state index in [2.05, 4.69) is 29.6 Å². The SMILES string of the molecule is NC(=S)c1ccccc1C=CCCNC(=O)OCC1c2ccccc2-c2ccccc21. The molecule has 0 aliphatic heterocycles. The number of carbonyl (C=O) groups excluding carboxylic acids is 1. The number of hydrogen-bond donors (Lipinski definition) is 2. The molecule has 1 aliphatic carbocycles. The molecule has 0 fully saturated rings. The number of hydrogen-bond acceptors (Lipinski definition) is 3. The fourth-order valence-corrected chi connectivity index (χ4v) is 4.17. The van der Waals surface area contributed by atoms with Gasteiger partial charge in [0.05, 0.1) is 0 Å². The van der Waals surface area contributed by atoms with Crippen LogP contribution in [0.5, 0.6) is 0 Å². The van der Waals surface area contributed by atoms with Crippen molar-refractivity contribution in [3.8, 4) is 11.1 Å². The highest BCUT2D eigenvalue weighted by Crippen LogP contribution is 2.44. The van der Waals surface area contributed by atoms with E-state index >= 15 is 0 Å². The van der Waals surface area contributed by atoms with Crippen molar-refractivity contribution in [1.29, 1.82) is 0 Å². The largest absolute Gasteiger partial charge is 0.449 e. The molecule has 0 radical (unpaired) electrons. The molecule has 0 heterocycles. The highest BCUT2D eigenvalue weighted by molar-refractivity contribution is 7.80. The Morgan fingerprint density at radius 1 is 0.968 bits per heavy atom. The van der Waals surface area contributed by atoms with Crippen LogP contribution in [-0.2, 0) is 4.74 Å². The topological polar surface area (TPSA) is 64.3 Å². The quantitative estimate of drug-likeness (QED) is 0.398. The molecule has 3 aromatic rings.